The molecule has 1 fully saturated rings. The topological polar surface area (TPSA) is 29.3 Å². The molecule has 23 heavy (non-hydrogen) atoms. The van der Waals surface area contributed by atoms with Crippen molar-refractivity contribution in [2.24, 2.45) is 0 Å². The summed E-state index contributed by atoms with van der Waals surface area (Å²) in [4.78, 5) is 6.97. The predicted octanol–water partition coefficient (Wildman–Crippen LogP) is 4.88. The normalized spacial score (nSPS) is 18.6. The minimum atomic E-state index is -0.278. The van der Waals surface area contributed by atoms with E-state index in [0.29, 0.717) is 17.5 Å². The average Bonchev–Trinajstić information content (AvgIpc) is 3.29. The van der Waals surface area contributed by atoms with Crippen LogP contribution in [0.2, 0.25) is 0 Å². The second-order valence-corrected chi connectivity index (χ2v) is 6.62. The predicted molar refractivity (Wildman–Crippen MR) is 88.6 cm³/mol. The highest BCUT2D eigenvalue weighted by Gasteiger charge is 2.27. The van der Waals surface area contributed by atoms with Crippen LogP contribution in [-0.2, 0) is 6.54 Å². The molecule has 0 amide bonds. The van der Waals surface area contributed by atoms with Crippen LogP contribution < -0.4 is 0 Å². The van der Waals surface area contributed by atoms with Crippen molar-refractivity contribution in [3.8, 4) is 11.5 Å². The standard InChI is InChI=1S/C18H17FN2OS/c19-15-4-1-3-13(9-15)18-20-16(11-22-18)10-21-7-2-5-17(21)14-6-8-23-12-14/h1,3-4,6,8-9,11-12,17H,2,5,7,10H2/t17-/m0/s1. The van der Waals surface area contributed by atoms with Gasteiger partial charge in [-0.25, -0.2) is 9.37 Å². The van der Waals surface area contributed by atoms with Crippen molar-refractivity contribution >= 4 is 11.3 Å². The smallest absolute Gasteiger partial charge is 0.226 e. The van der Waals surface area contributed by atoms with Crippen LogP contribution in [0, 0.1) is 5.82 Å². The van der Waals surface area contributed by atoms with Crippen LogP contribution in [0.4, 0.5) is 4.39 Å². The summed E-state index contributed by atoms with van der Waals surface area (Å²) in [7, 11) is 0. The van der Waals surface area contributed by atoms with Crippen LogP contribution in [0.15, 0.2) is 51.8 Å². The minimum Gasteiger partial charge on any atom is -0.444 e. The SMILES string of the molecule is Fc1cccc(-c2nc(CN3CCC[C@H]3c3ccsc3)co2)c1. The van der Waals surface area contributed by atoms with E-state index in [9.17, 15) is 4.39 Å². The Kier molecular flexibility index (Phi) is 3.97. The fraction of sp³-hybridized carbons (Fsp3) is 0.278. The van der Waals surface area contributed by atoms with Gasteiger partial charge in [-0.15, -0.1) is 0 Å². The molecule has 3 heterocycles. The van der Waals surface area contributed by atoms with Gasteiger partial charge in [0, 0.05) is 18.2 Å². The number of likely N-dealkylation sites (tertiary alicyclic amines) is 1. The van der Waals surface area contributed by atoms with Crippen molar-refractivity contribution in [2.75, 3.05) is 6.54 Å². The largest absolute Gasteiger partial charge is 0.444 e. The Morgan fingerprint density at radius 1 is 1.35 bits per heavy atom. The maximum absolute atomic E-state index is 13.3. The van der Waals surface area contributed by atoms with E-state index >= 15 is 0 Å². The van der Waals surface area contributed by atoms with Crippen LogP contribution in [0.25, 0.3) is 11.5 Å². The van der Waals surface area contributed by atoms with Gasteiger partial charge in [0.15, 0.2) is 0 Å². The first-order valence-corrected chi connectivity index (χ1v) is 8.70. The molecule has 1 aliphatic heterocycles. The third kappa shape index (κ3) is 3.07. The molecule has 4 rings (SSSR count). The molecule has 0 saturated carbocycles. The Labute approximate surface area is 138 Å². The first-order chi connectivity index (χ1) is 11.3. The van der Waals surface area contributed by atoms with Gasteiger partial charge in [-0.05, 0) is 60.0 Å². The number of rotatable bonds is 4. The molecule has 2 aromatic heterocycles. The van der Waals surface area contributed by atoms with Crippen LogP contribution in [-0.4, -0.2) is 16.4 Å². The number of aromatic nitrogens is 1. The van der Waals surface area contributed by atoms with Gasteiger partial charge in [0.1, 0.15) is 12.1 Å². The zero-order valence-electron chi connectivity index (χ0n) is 12.6. The van der Waals surface area contributed by atoms with Gasteiger partial charge >= 0.3 is 0 Å². The van der Waals surface area contributed by atoms with Gasteiger partial charge in [-0.3, -0.25) is 4.90 Å². The molecular formula is C18H17FN2OS. The van der Waals surface area contributed by atoms with E-state index in [4.69, 9.17) is 4.42 Å². The molecule has 3 nitrogen and oxygen atoms in total. The first kappa shape index (κ1) is 14.6. The van der Waals surface area contributed by atoms with Gasteiger partial charge in [-0.1, -0.05) is 6.07 Å². The number of nitrogens with zero attached hydrogens (tertiary/aromatic N) is 2. The monoisotopic (exact) mass is 328 g/mol. The van der Waals surface area contributed by atoms with Crippen molar-refractivity contribution in [3.63, 3.8) is 0 Å². The molecule has 0 radical (unpaired) electrons. The summed E-state index contributed by atoms with van der Waals surface area (Å²) >= 11 is 1.74. The van der Waals surface area contributed by atoms with Gasteiger partial charge in [0.25, 0.3) is 0 Å². The average molecular weight is 328 g/mol. The fourth-order valence-electron chi connectivity index (χ4n) is 3.20. The van der Waals surface area contributed by atoms with Crippen molar-refractivity contribution < 1.29 is 8.81 Å². The molecule has 1 atom stereocenters. The highest BCUT2D eigenvalue weighted by molar-refractivity contribution is 7.07. The minimum absolute atomic E-state index is 0.278. The highest BCUT2D eigenvalue weighted by atomic mass is 32.1. The van der Waals surface area contributed by atoms with E-state index in [1.807, 2.05) is 6.07 Å². The second kappa shape index (κ2) is 6.26. The van der Waals surface area contributed by atoms with Crippen LogP contribution in [0.1, 0.15) is 30.1 Å². The van der Waals surface area contributed by atoms with Crippen molar-refractivity contribution in [3.05, 3.63) is 64.4 Å². The van der Waals surface area contributed by atoms with E-state index in [1.54, 1.807) is 23.7 Å². The van der Waals surface area contributed by atoms with E-state index in [2.05, 4.69) is 26.7 Å². The van der Waals surface area contributed by atoms with E-state index in [0.717, 1.165) is 18.8 Å². The number of benzene rings is 1. The number of oxazole rings is 1. The lowest BCUT2D eigenvalue weighted by molar-refractivity contribution is 0.246. The third-order valence-corrected chi connectivity index (χ3v) is 4.98. The van der Waals surface area contributed by atoms with Crippen LogP contribution in [0.5, 0.6) is 0 Å². The van der Waals surface area contributed by atoms with Gasteiger partial charge in [0.2, 0.25) is 5.89 Å². The maximum atomic E-state index is 13.3. The van der Waals surface area contributed by atoms with Crippen molar-refractivity contribution in [2.45, 2.75) is 25.4 Å². The van der Waals surface area contributed by atoms with Crippen molar-refractivity contribution in [1.82, 2.24) is 9.88 Å². The Hall–Kier alpha value is -1.98. The molecule has 3 aromatic rings. The summed E-state index contributed by atoms with van der Waals surface area (Å²) in [5.41, 5.74) is 2.96. The number of hydrogen-bond acceptors (Lipinski definition) is 4. The molecule has 0 N–H and O–H groups in total. The molecule has 5 heteroatoms. The van der Waals surface area contributed by atoms with E-state index in [-0.39, 0.29) is 5.82 Å². The Balaban J connectivity index is 1.51. The zero-order chi connectivity index (χ0) is 15.6. The van der Waals surface area contributed by atoms with Crippen molar-refractivity contribution in [1.29, 1.82) is 0 Å². The lowest BCUT2D eigenvalue weighted by atomic mass is 10.1. The van der Waals surface area contributed by atoms with Gasteiger partial charge in [0.05, 0.1) is 5.69 Å². The Morgan fingerprint density at radius 3 is 3.13 bits per heavy atom. The molecule has 1 aromatic carbocycles. The molecule has 1 aliphatic rings. The lowest BCUT2D eigenvalue weighted by Gasteiger charge is -2.22. The third-order valence-electron chi connectivity index (χ3n) is 4.28. The highest BCUT2D eigenvalue weighted by Crippen LogP contribution is 2.34. The summed E-state index contributed by atoms with van der Waals surface area (Å²) in [5.74, 6) is 0.199. The van der Waals surface area contributed by atoms with E-state index < -0.39 is 0 Å². The number of thiophene rings is 1. The quantitative estimate of drug-likeness (QED) is 0.683. The molecule has 0 spiro atoms. The van der Waals surface area contributed by atoms with Gasteiger partial charge < -0.3 is 4.42 Å². The lowest BCUT2D eigenvalue weighted by Crippen LogP contribution is -2.22. The fourth-order valence-corrected chi connectivity index (χ4v) is 3.91. The molecule has 0 aliphatic carbocycles. The number of hydrogen-bond donors (Lipinski definition) is 0. The Bertz CT molecular complexity index is 784. The number of halogens is 1. The summed E-state index contributed by atoms with van der Waals surface area (Å²) in [6, 6.07) is 9.01. The first-order valence-electron chi connectivity index (χ1n) is 7.76. The second-order valence-electron chi connectivity index (χ2n) is 5.84. The molecule has 1 saturated heterocycles. The molecule has 0 unspecified atom stereocenters. The summed E-state index contributed by atoms with van der Waals surface area (Å²) in [5, 5.41) is 4.36. The zero-order valence-corrected chi connectivity index (χ0v) is 13.4. The molecule has 118 valence electrons. The summed E-state index contributed by atoms with van der Waals surface area (Å²) in [6.07, 6.45) is 4.07. The molecular weight excluding hydrogens is 311 g/mol. The maximum Gasteiger partial charge on any atom is 0.226 e. The van der Waals surface area contributed by atoms with E-state index in [1.165, 1.54) is 30.5 Å². The summed E-state index contributed by atoms with van der Waals surface area (Å²) < 4.78 is 18.9. The summed E-state index contributed by atoms with van der Waals surface area (Å²) in [6.45, 7) is 1.84. The van der Waals surface area contributed by atoms with Crippen LogP contribution in [0.3, 0.4) is 0 Å². The van der Waals surface area contributed by atoms with Gasteiger partial charge in [-0.2, -0.15) is 11.3 Å². The van der Waals surface area contributed by atoms with Crippen LogP contribution >= 0.6 is 11.3 Å². The Morgan fingerprint density at radius 2 is 2.30 bits per heavy atom. The molecule has 0 bridgehead atoms.